The summed E-state index contributed by atoms with van der Waals surface area (Å²) in [7, 11) is 0. The molecule has 0 atom stereocenters. The zero-order valence-electron chi connectivity index (χ0n) is 18.8. The molecule has 0 saturated carbocycles. The number of esters is 1. The fraction of sp³-hybridized carbons (Fsp3) is 0.154. The molecule has 1 aromatic heterocycles. The molecular formula is C26H22N2O6. The average molecular weight is 458 g/mol. The number of nitrogens with zero attached hydrogens (tertiary/aromatic N) is 2. The number of hydrogen-bond donors (Lipinski definition) is 1. The second kappa shape index (κ2) is 9.19. The number of benzene rings is 2. The third-order valence-corrected chi connectivity index (χ3v) is 5.06. The van der Waals surface area contributed by atoms with Gasteiger partial charge in [-0.15, -0.1) is 0 Å². The summed E-state index contributed by atoms with van der Waals surface area (Å²) in [6.07, 6.45) is 1.40. The summed E-state index contributed by atoms with van der Waals surface area (Å²) in [5, 5.41) is 14.7. The van der Waals surface area contributed by atoms with Crippen molar-refractivity contribution in [3.05, 3.63) is 83.1 Å². The molecule has 0 bridgehead atoms. The highest BCUT2D eigenvalue weighted by Crippen LogP contribution is 2.28. The van der Waals surface area contributed by atoms with Crippen molar-refractivity contribution in [1.82, 2.24) is 0 Å². The van der Waals surface area contributed by atoms with Gasteiger partial charge in [-0.3, -0.25) is 4.79 Å². The van der Waals surface area contributed by atoms with Crippen LogP contribution < -0.4 is 5.01 Å². The first-order chi connectivity index (χ1) is 16.2. The molecule has 0 aliphatic carbocycles. The van der Waals surface area contributed by atoms with Gasteiger partial charge in [0.1, 0.15) is 11.5 Å². The predicted octanol–water partition coefficient (Wildman–Crippen LogP) is 5.02. The van der Waals surface area contributed by atoms with Gasteiger partial charge in [0.25, 0.3) is 5.91 Å². The van der Waals surface area contributed by atoms with E-state index in [1.54, 1.807) is 75.4 Å². The third-order valence-electron chi connectivity index (χ3n) is 5.06. The van der Waals surface area contributed by atoms with E-state index < -0.39 is 5.97 Å². The van der Waals surface area contributed by atoms with E-state index >= 15 is 0 Å². The normalized spacial score (nSPS) is 14.6. The number of aromatic carboxylic acids is 1. The molecule has 0 unspecified atom stereocenters. The molecule has 1 amide bonds. The number of amides is 1. The Morgan fingerprint density at radius 3 is 2.47 bits per heavy atom. The van der Waals surface area contributed by atoms with Crippen LogP contribution in [0.15, 0.2) is 75.8 Å². The number of carboxylic acid groups (broad SMARTS) is 1. The number of anilines is 1. The summed E-state index contributed by atoms with van der Waals surface area (Å²) >= 11 is 0. The first-order valence-corrected chi connectivity index (χ1v) is 10.6. The van der Waals surface area contributed by atoms with E-state index in [9.17, 15) is 19.5 Å². The molecule has 4 rings (SSSR count). The van der Waals surface area contributed by atoms with Gasteiger partial charge >= 0.3 is 11.9 Å². The van der Waals surface area contributed by atoms with E-state index in [2.05, 4.69) is 5.10 Å². The lowest BCUT2D eigenvalue weighted by Crippen LogP contribution is -2.21. The maximum atomic E-state index is 13.0. The van der Waals surface area contributed by atoms with Crippen molar-refractivity contribution >= 4 is 35.3 Å². The molecule has 3 aromatic rings. The molecule has 0 fully saturated rings. The number of carboxylic acids is 1. The summed E-state index contributed by atoms with van der Waals surface area (Å²) in [6.45, 7) is 5.28. The molecule has 0 spiro atoms. The van der Waals surface area contributed by atoms with Gasteiger partial charge in [0.15, 0.2) is 0 Å². The highest BCUT2D eigenvalue weighted by atomic mass is 16.5. The summed E-state index contributed by atoms with van der Waals surface area (Å²) in [5.41, 5.74) is 2.46. The average Bonchev–Trinajstić information content (AvgIpc) is 3.39. The Hall–Kier alpha value is -4.46. The van der Waals surface area contributed by atoms with Crippen LogP contribution in [0.4, 0.5) is 5.69 Å². The predicted molar refractivity (Wildman–Crippen MR) is 127 cm³/mol. The van der Waals surface area contributed by atoms with Gasteiger partial charge in [-0.1, -0.05) is 18.2 Å². The second-order valence-corrected chi connectivity index (χ2v) is 7.95. The summed E-state index contributed by atoms with van der Waals surface area (Å²) < 4.78 is 11.1. The molecular weight excluding hydrogens is 436 g/mol. The highest BCUT2D eigenvalue weighted by Gasteiger charge is 2.29. The van der Waals surface area contributed by atoms with E-state index in [0.717, 1.165) is 5.56 Å². The van der Waals surface area contributed by atoms with Crippen LogP contribution in [0.3, 0.4) is 0 Å². The van der Waals surface area contributed by atoms with E-state index in [-0.39, 0.29) is 23.5 Å². The number of ether oxygens (including phenoxy) is 1. The molecule has 1 aliphatic rings. The Morgan fingerprint density at radius 2 is 1.79 bits per heavy atom. The zero-order valence-corrected chi connectivity index (χ0v) is 18.8. The number of carbonyl (C=O) groups is 3. The smallest absolute Gasteiger partial charge is 0.338 e. The van der Waals surface area contributed by atoms with Crippen molar-refractivity contribution in [1.29, 1.82) is 0 Å². The van der Waals surface area contributed by atoms with Crippen molar-refractivity contribution in [2.45, 2.75) is 26.9 Å². The van der Waals surface area contributed by atoms with Crippen LogP contribution in [-0.2, 0) is 9.53 Å². The molecule has 8 heteroatoms. The first kappa shape index (κ1) is 22.7. The topological polar surface area (TPSA) is 109 Å². The summed E-state index contributed by atoms with van der Waals surface area (Å²) in [6, 6.07) is 16.4. The van der Waals surface area contributed by atoms with Gasteiger partial charge in [-0.25, -0.2) is 9.59 Å². The first-order valence-electron chi connectivity index (χ1n) is 10.6. The largest absolute Gasteiger partial charge is 0.478 e. The highest BCUT2D eigenvalue weighted by molar-refractivity contribution is 6.32. The Morgan fingerprint density at radius 1 is 1.06 bits per heavy atom. The quantitative estimate of drug-likeness (QED) is 0.410. The number of carbonyl (C=O) groups excluding carboxylic acids is 2. The van der Waals surface area contributed by atoms with Crippen molar-refractivity contribution in [3.63, 3.8) is 0 Å². The maximum Gasteiger partial charge on any atom is 0.338 e. The monoisotopic (exact) mass is 458 g/mol. The minimum Gasteiger partial charge on any atom is -0.478 e. The molecule has 1 N–H and O–H groups in total. The minimum absolute atomic E-state index is 0.0646. The molecule has 0 saturated heterocycles. The van der Waals surface area contributed by atoms with Crippen LogP contribution in [0.2, 0.25) is 0 Å². The van der Waals surface area contributed by atoms with Crippen molar-refractivity contribution < 1.29 is 28.6 Å². The van der Waals surface area contributed by atoms with Crippen LogP contribution in [-0.4, -0.2) is 34.8 Å². The van der Waals surface area contributed by atoms with Crippen molar-refractivity contribution in [2.24, 2.45) is 5.10 Å². The third kappa shape index (κ3) is 4.66. The van der Waals surface area contributed by atoms with E-state index in [0.29, 0.717) is 34.1 Å². The van der Waals surface area contributed by atoms with Crippen LogP contribution in [0.25, 0.3) is 17.4 Å². The number of hydrazone groups is 1. The van der Waals surface area contributed by atoms with Gasteiger partial charge < -0.3 is 14.3 Å². The van der Waals surface area contributed by atoms with Crippen LogP contribution in [0, 0.1) is 0 Å². The van der Waals surface area contributed by atoms with Crippen LogP contribution in [0.1, 0.15) is 47.2 Å². The molecule has 2 heterocycles. The van der Waals surface area contributed by atoms with Crippen LogP contribution in [0.5, 0.6) is 0 Å². The van der Waals surface area contributed by atoms with Crippen molar-refractivity contribution in [3.8, 4) is 11.3 Å². The molecule has 172 valence electrons. The van der Waals surface area contributed by atoms with Gasteiger partial charge in [-0.05, 0) is 69.3 Å². The number of rotatable bonds is 6. The fourth-order valence-electron chi connectivity index (χ4n) is 3.41. The molecule has 1 aliphatic heterocycles. The van der Waals surface area contributed by atoms with Crippen molar-refractivity contribution in [2.75, 3.05) is 5.01 Å². The SMILES string of the molecule is CC1=NN(c2cccc(C(=O)O)c2)C(=O)/C1=C\c1ccc(-c2ccc(C(=O)OC(C)C)cc2)o1. The van der Waals surface area contributed by atoms with E-state index in [1.807, 2.05) is 0 Å². The Bertz CT molecular complexity index is 1330. The van der Waals surface area contributed by atoms with E-state index in [4.69, 9.17) is 9.15 Å². The zero-order chi connectivity index (χ0) is 24.4. The lowest BCUT2D eigenvalue weighted by Gasteiger charge is -2.12. The summed E-state index contributed by atoms with van der Waals surface area (Å²) in [4.78, 5) is 36.2. The van der Waals surface area contributed by atoms with Gasteiger partial charge in [0.05, 0.1) is 34.2 Å². The Labute approximate surface area is 195 Å². The van der Waals surface area contributed by atoms with Gasteiger partial charge in [-0.2, -0.15) is 10.1 Å². The Balaban J connectivity index is 1.54. The number of hydrogen-bond acceptors (Lipinski definition) is 6. The number of furan rings is 1. The van der Waals surface area contributed by atoms with Gasteiger partial charge in [0.2, 0.25) is 0 Å². The standard InChI is InChI=1S/C26H22N2O6/c1-15(2)33-26(32)18-9-7-17(8-10-18)23-12-11-21(34-23)14-22-16(3)27-28(24(22)29)20-6-4-5-19(13-20)25(30)31/h4-15H,1-3H3,(H,30,31)/b22-14-. The fourth-order valence-corrected chi connectivity index (χ4v) is 3.41. The molecule has 8 nitrogen and oxygen atoms in total. The van der Waals surface area contributed by atoms with Crippen LogP contribution >= 0.6 is 0 Å². The lowest BCUT2D eigenvalue weighted by atomic mass is 10.1. The summed E-state index contributed by atoms with van der Waals surface area (Å²) in [5.74, 6) is -0.831. The minimum atomic E-state index is -1.09. The molecule has 0 radical (unpaired) electrons. The van der Waals surface area contributed by atoms with Gasteiger partial charge in [0, 0.05) is 5.56 Å². The molecule has 2 aromatic carbocycles. The molecule has 34 heavy (non-hydrogen) atoms. The Kier molecular flexibility index (Phi) is 6.14. The maximum absolute atomic E-state index is 13.0. The lowest BCUT2D eigenvalue weighted by molar-refractivity contribution is -0.114. The second-order valence-electron chi connectivity index (χ2n) is 7.95. The van der Waals surface area contributed by atoms with E-state index in [1.165, 1.54) is 17.1 Å².